The fraction of sp³-hybridized carbons (Fsp3) is 0.529. The maximum absolute atomic E-state index is 16.0. The van der Waals surface area contributed by atoms with Crippen LogP contribution in [-0.2, 0) is 29.4 Å². The van der Waals surface area contributed by atoms with Crippen LogP contribution in [0.25, 0.3) is 22.3 Å². The van der Waals surface area contributed by atoms with E-state index in [1.165, 1.54) is 31.4 Å². The number of aromatic nitrogens is 3. The van der Waals surface area contributed by atoms with E-state index in [2.05, 4.69) is 37.9 Å². The molecular formula is C68H81FN12O8. The van der Waals surface area contributed by atoms with E-state index in [4.69, 9.17) is 9.97 Å². The van der Waals surface area contributed by atoms with Gasteiger partial charge in [0.2, 0.25) is 29.5 Å². The molecule has 3 N–H and O–H groups in total. The predicted octanol–water partition coefficient (Wildman–Crippen LogP) is 8.57. The lowest BCUT2D eigenvalue weighted by molar-refractivity contribution is -0.144. The molecule has 1 spiro atoms. The number of anilines is 4. The average Bonchev–Trinajstić information content (AvgIpc) is 1.63. The van der Waals surface area contributed by atoms with Gasteiger partial charge in [-0.15, -0.1) is 0 Å². The van der Waals surface area contributed by atoms with Crippen LogP contribution in [0, 0.1) is 24.6 Å². The van der Waals surface area contributed by atoms with Crippen LogP contribution >= 0.6 is 0 Å². The number of amides is 8. The van der Waals surface area contributed by atoms with Gasteiger partial charge in [-0.1, -0.05) is 24.6 Å². The first kappa shape index (κ1) is 59.9. The summed E-state index contributed by atoms with van der Waals surface area (Å²) in [6.45, 7) is 13.6. The molecule has 2 saturated carbocycles. The Bertz CT molecular complexity index is 3710. The Morgan fingerprint density at radius 1 is 0.764 bits per heavy atom. The number of nitrogens with one attached hydrogen (secondary N) is 3. The Hall–Kier alpha value is -8.07. The number of nitrogens with zero attached hydrogens (tertiary/aromatic N) is 9. The molecule has 0 bridgehead atoms. The maximum Gasteiger partial charge on any atom is 0.264 e. The third-order valence-corrected chi connectivity index (χ3v) is 20.9. The topological polar surface area (TPSA) is 223 Å². The number of rotatable bonds is 13. The molecule has 6 fully saturated rings. The molecule has 8 aliphatic rings. The largest absolute Gasteiger partial charge is 0.371 e. The van der Waals surface area contributed by atoms with Crippen LogP contribution in [0.4, 0.5) is 27.3 Å². The fourth-order valence-electron chi connectivity index (χ4n) is 15.8. The summed E-state index contributed by atoms with van der Waals surface area (Å²) in [5.74, 6) is -2.75. The average molecular weight is 1210 g/mol. The molecule has 8 amide bonds. The second-order valence-electron chi connectivity index (χ2n) is 26.9. The summed E-state index contributed by atoms with van der Waals surface area (Å²) in [6, 6.07) is 15.5. The molecule has 1 unspecified atom stereocenters. The molecule has 1 atom stereocenters. The number of fused-ring (bicyclic) bond motifs is 4. The second kappa shape index (κ2) is 23.7. The Balaban J connectivity index is 0.679. The van der Waals surface area contributed by atoms with Gasteiger partial charge < -0.3 is 39.7 Å². The van der Waals surface area contributed by atoms with Gasteiger partial charge in [0.15, 0.2) is 5.82 Å². The smallest absolute Gasteiger partial charge is 0.264 e. The number of carbonyl (C=O) groups excluding carboxylic acids is 8. The lowest BCUT2D eigenvalue weighted by Crippen LogP contribution is -2.58. The van der Waals surface area contributed by atoms with Gasteiger partial charge in [-0.05, 0) is 179 Å². The van der Waals surface area contributed by atoms with Crippen LogP contribution in [0.3, 0.4) is 0 Å². The zero-order chi connectivity index (χ0) is 62.3. The fourth-order valence-corrected chi connectivity index (χ4v) is 15.8. The number of halogens is 1. The summed E-state index contributed by atoms with van der Waals surface area (Å²) in [5.41, 5.74) is 5.79. The summed E-state index contributed by atoms with van der Waals surface area (Å²) in [7, 11) is 1.90. The summed E-state index contributed by atoms with van der Waals surface area (Å²) in [4.78, 5) is 131. The van der Waals surface area contributed by atoms with Crippen LogP contribution in [0.5, 0.6) is 0 Å². The number of likely N-dealkylation sites (tertiary alicyclic amines) is 3. The molecule has 20 nitrogen and oxygen atoms in total. The highest BCUT2D eigenvalue weighted by Crippen LogP contribution is 2.53. The minimum atomic E-state index is -1.05. The quantitative estimate of drug-likeness (QED) is 0.0942. The van der Waals surface area contributed by atoms with E-state index in [0.717, 1.165) is 47.6 Å². The molecule has 21 heteroatoms. The van der Waals surface area contributed by atoms with Crippen molar-refractivity contribution in [2.24, 2.45) is 11.8 Å². The monoisotopic (exact) mass is 1210 g/mol. The molecule has 6 aliphatic heterocycles. The molecular weight excluding hydrogens is 1130 g/mol. The predicted molar refractivity (Wildman–Crippen MR) is 334 cm³/mol. The first-order chi connectivity index (χ1) is 42.8. The number of carbonyl (C=O) groups is 8. The highest BCUT2D eigenvalue weighted by Gasteiger charge is 2.56. The first-order valence-corrected chi connectivity index (χ1v) is 32.4. The Labute approximate surface area is 518 Å². The number of hydrogen-bond donors (Lipinski definition) is 3. The standard InChI is InChI=1S/C68H81FN12O8/c1-38(2)71-61(83)48-35-52(50(69)31-40(48)5)73-60-59-53(70-37-79(59)39(3)4)36-51(72-60)43-15-18-49-56(32-43)80(46-33-45(34-46)76-25-8-7-9-26-76)67(89)68(49)23-29-78(30-24-68)64(86)42-21-27-77(28-22-42)63(85)41-13-16-44(17-14-41)75(6)54-12-10-11-47-58(54)66(88)81(65(47)87)55-19-20-57(82)74-62(55)84/h10-12,15,18,31-32,35-39,41-42,44-46,55H,7-9,13-14,16-17,19-30,33-34H2,1-6H3,(H,71,83)(H,72,73)(H,74,82,84)/t41?,44?,45-,46+,55?. The van der Waals surface area contributed by atoms with E-state index >= 15 is 9.18 Å². The van der Waals surface area contributed by atoms with Crippen molar-refractivity contribution < 1.29 is 42.7 Å². The maximum atomic E-state index is 16.0. The van der Waals surface area contributed by atoms with Crippen molar-refractivity contribution in [1.82, 2.24) is 44.8 Å². The molecule has 3 aromatic carbocycles. The summed E-state index contributed by atoms with van der Waals surface area (Å²) >= 11 is 0. The Morgan fingerprint density at radius 3 is 2.15 bits per heavy atom. The van der Waals surface area contributed by atoms with E-state index in [9.17, 15) is 33.6 Å². The van der Waals surface area contributed by atoms with E-state index in [0.29, 0.717) is 123 Å². The van der Waals surface area contributed by atoms with E-state index in [1.54, 1.807) is 25.4 Å². The number of pyridine rings is 1. The van der Waals surface area contributed by atoms with E-state index in [-0.39, 0.29) is 89.3 Å². The van der Waals surface area contributed by atoms with Gasteiger partial charge in [-0.25, -0.2) is 14.4 Å². The van der Waals surface area contributed by atoms with Crippen molar-refractivity contribution in [2.45, 2.75) is 173 Å². The van der Waals surface area contributed by atoms with Gasteiger partial charge in [-0.2, -0.15) is 0 Å². The molecule has 2 aliphatic carbocycles. The highest BCUT2D eigenvalue weighted by atomic mass is 19.1. The lowest BCUT2D eigenvalue weighted by Gasteiger charge is -2.48. The van der Waals surface area contributed by atoms with Crippen molar-refractivity contribution in [3.05, 3.63) is 94.6 Å². The van der Waals surface area contributed by atoms with Crippen molar-refractivity contribution in [2.75, 3.05) is 61.4 Å². The zero-order valence-corrected chi connectivity index (χ0v) is 51.9. The third-order valence-electron chi connectivity index (χ3n) is 20.9. The Morgan fingerprint density at radius 2 is 1.46 bits per heavy atom. The second-order valence-corrected chi connectivity index (χ2v) is 26.9. The summed E-state index contributed by atoms with van der Waals surface area (Å²) in [5, 5.41) is 8.46. The van der Waals surface area contributed by atoms with Crippen LogP contribution in [0.1, 0.15) is 172 Å². The first-order valence-electron chi connectivity index (χ1n) is 32.4. The van der Waals surface area contributed by atoms with Gasteiger partial charge in [-0.3, -0.25) is 48.6 Å². The summed E-state index contributed by atoms with van der Waals surface area (Å²) in [6.07, 6.45) is 12.1. The van der Waals surface area contributed by atoms with Crippen molar-refractivity contribution in [3.8, 4) is 11.3 Å². The molecule has 468 valence electrons. The molecule has 4 saturated heterocycles. The van der Waals surface area contributed by atoms with Crippen LogP contribution < -0.4 is 25.8 Å². The number of benzene rings is 3. The number of imidazole rings is 1. The van der Waals surface area contributed by atoms with E-state index < -0.39 is 40.9 Å². The molecule has 13 rings (SSSR count). The van der Waals surface area contributed by atoms with Crippen molar-refractivity contribution >= 4 is 81.2 Å². The highest BCUT2D eigenvalue weighted by molar-refractivity contribution is 6.25. The van der Waals surface area contributed by atoms with Crippen molar-refractivity contribution in [3.63, 3.8) is 0 Å². The molecule has 2 aromatic heterocycles. The number of hydrogen-bond acceptors (Lipinski definition) is 13. The molecule has 0 radical (unpaired) electrons. The molecule has 8 heterocycles. The zero-order valence-electron chi connectivity index (χ0n) is 51.9. The number of imide groups is 2. The SMILES string of the molecule is Cc1cc(F)c(Nc2nc(-c3ccc4c(c3)N([C@H]3C[C@@H](N5CCCCC5)C3)C(=O)C43CCN(C(=O)C4CCN(C(=O)C5CCC(N(C)c6cccc7c6C(=O)N(C6CCC(=O)NC6=O)C7=O)CC5)CC4)CC3)cc3ncn(C(C)C)c23)cc1C(=O)NC(C)C. The van der Waals surface area contributed by atoms with Gasteiger partial charge in [0.1, 0.15) is 17.4 Å². The van der Waals surface area contributed by atoms with E-state index in [1.807, 2.05) is 72.2 Å². The van der Waals surface area contributed by atoms with Crippen molar-refractivity contribution in [1.29, 1.82) is 0 Å². The number of piperidine rings is 4. The van der Waals surface area contributed by atoms with Gasteiger partial charge >= 0.3 is 0 Å². The summed E-state index contributed by atoms with van der Waals surface area (Å²) < 4.78 is 18.0. The minimum absolute atomic E-state index is 0.00117. The normalized spacial score (nSPS) is 24.0. The van der Waals surface area contributed by atoms with Gasteiger partial charge in [0.05, 0.1) is 45.5 Å². The molecule has 89 heavy (non-hydrogen) atoms. The van der Waals surface area contributed by atoms with Gasteiger partial charge in [0.25, 0.3) is 17.7 Å². The van der Waals surface area contributed by atoms with Crippen LogP contribution in [0.2, 0.25) is 0 Å². The van der Waals surface area contributed by atoms with Crippen LogP contribution in [0.15, 0.2) is 60.9 Å². The van der Waals surface area contributed by atoms with Crippen LogP contribution in [-0.4, -0.2) is 158 Å². The third kappa shape index (κ3) is 10.7. The minimum Gasteiger partial charge on any atom is -0.371 e. The lowest BCUT2D eigenvalue weighted by atomic mass is 9.73. The Kier molecular flexibility index (Phi) is 15.9. The molecule has 5 aromatic rings. The van der Waals surface area contributed by atoms with Gasteiger partial charge in [0, 0.05) is 98.5 Å². The number of aryl methyl sites for hydroxylation is 1.